The lowest BCUT2D eigenvalue weighted by atomic mass is 9.98. The number of benzene rings is 1. The van der Waals surface area contributed by atoms with Crippen molar-refractivity contribution in [2.45, 2.75) is 38.6 Å². The van der Waals surface area contributed by atoms with E-state index in [2.05, 4.69) is 11.8 Å². The predicted octanol–water partition coefficient (Wildman–Crippen LogP) is 3.17. The highest BCUT2D eigenvalue weighted by molar-refractivity contribution is 5.46. The SMILES string of the molecule is CCN(CC(N)C1CCCC1)c1cccc(F)c1. The fourth-order valence-corrected chi connectivity index (χ4v) is 2.88. The van der Waals surface area contributed by atoms with Crippen LogP contribution in [0.4, 0.5) is 10.1 Å². The Morgan fingerprint density at radius 3 is 2.72 bits per heavy atom. The molecule has 1 saturated carbocycles. The van der Waals surface area contributed by atoms with E-state index >= 15 is 0 Å². The minimum absolute atomic E-state index is 0.180. The second-order valence-electron chi connectivity index (χ2n) is 5.23. The van der Waals surface area contributed by atoms with E-state index in [-0.39, 0.29) is 11.9 Å². The molecule has 0 amide bonds. The third-order valence-corrected chi connectivity index (χ3v) is 3.99. The number of hydrogen-bond donors (Lipinski definition) is 1. The molecule has 0 aromatic heterocycles. The third-order valence-electron chi connectivity index (χ3n) is 3.99. The third kappa shape index (κ3) is 3.22. The number of hydrogen-bond acceptors (Lipinski definition) is 2. The number of anilines is 1. The molecule has 100 valence electrons. The molecule has 2 rings (SSSR count). The highest BCUT2D eigenvalue weighted by Crippen LogP contribution is 2.28. The Kier molecular flexibility index (Phi) is 4.59. The molecule has 1 aromatic rings. The summed E-state index contributed by atoms with van der Waals surface area (Å²) >= 11 is 0. The summed E-state index contributed by atoms with van der Waals surface area (Å²) in [6.45, 7) is 3.78. The molecule has 0 aliphatic heterocycles. The van der Waals surface area contributed by atoms with Crippen molar-refractivity contribution in [1.29, 1.82) is 0 Å². The Bertz CT molecular complexity index is 375. The molecule has 0 bridgehead atoms. The Balaban J connectivity index is 2.00. The largest absolute Gasteiger partial charge is 0.370 e. The molecular formula is C15H23FN2. The summed E-state index contributed by atoms with van der Waals surface area (Å²) in [7, 11) is 0. The van der Waals surface area contributed by atoms with Crippen LogP contribution in [0.15, 0.2) is 24.3 Å². The first-order valence-electron chi connectivity index (χ1n) is 6.96. The van der Waals surface area contributed by atoms with Gasteiger partial charge in [0.25, 0.3) is 0 Å². The molecule has 0 saturated heterocycles. The van der Waals surface area contributed by atoms with Gasteiger partial charge < -0.3 is 10.6 Å². The van der Waals surface area contributed by atoms with Crippen LogP contribution >= 0.6 is 0 Å². The molecule has 0 heterocycles. The van der Waals surface area contributed by atoms with Gasteiger partial charge in [0, 0.05) is 24.8 Å². The molecule has 0 radical (unpaired) electrons. The number of likely N-dealkylation sites (N-methyl/N-ethyl adjacent to an activating group) is 1. The van der Waals surface area contributed by atoms with Crippen LogP contribution in [0.3, 0.4) is 0 Å². The lowest BCUT2D eigenvalue weighted by molar-refractivity contribution is 0.429. The quantitative estimate of drug-likeness (QED) is 0.869. The van der Waals surface area contributed by atoms with Gasteiger partial charge in [0.1, 0.15) is 5.82 Å². The average Bonchev–Trinajstić information content (AvgIpc) is 2.89. The van der Waals surface area contributed by atoms with E-state index in [0.717, 1.165) is 18.8 Å². The molecule has 0 spiro atoms. The summed E-state index contributed by atoms with van der Waals surface area (Å²) in [6, 6.07) is 6.98. The van der Waals surface area contributed by atoms with Crippen molar-refractivity contribution in [3.63, 3.8) is 0 Å². The smallest absolute Gasteiger partial charge is 0.125 e. The Hall–Kier alpha value is -1.09. The van der Waals surface area contributed by atoms with Crippen molar-refractivity contribution >= 4 is 5.69 Å². The lowest BCUT2D eigenvalue weighted by Crippen LogP contribution is -2.41. The van der Waals surface area contributed by atoms with Crippen molar-refractivity contribution < 1.29 is 4.39 Å². The maximum absolute atomic E-state index is 13.2. The minimum Gasteiger partial charge on any atom is -0.370 e. The summed E-state index contributed by atoms with van der Waals surface area (Å²) in [5.74, 6) is 0.466. The van der Waals surface area contributed by atoms with Gasteiger partial charge in [-0.05, 0) is 43.9 Å². The first-order valence-corrected chi connectivity index (χ1v) is 6.96. The topological polar surface area (TPSA) is 29.3 Å². The number of nitrogens with two attached hydrogens (primary N) is 1. The van der Waals surface area contributed by atoms with E-state index in [1.807, 2.05) is 6.07 Å². The van der Waals surface area contributed by atoms with Crippen LogP contribution in [-0.2, 0) is 0 Å². The van der Waals surface area contributed by atoms with Crippen molar-refractivity contribution in [3.05, 3.63) is 30.1 Å². The standard InChI is InChI=1S/C15H23FN2/c1-2-18(14-9-5-8-13(16)10-14)11-15(17)12-6-3-4-7-12/h5,8-10,12,15H,2-4,6-7,11,17H2,1H3. The van der Waals surface area contributed by atoms with E-state index in [9.17, 15) is 4.39 Å². The zero-order valence-electron chi connectivity index (χ0n) is 11.1. The molecule has 1 unspecified atom stereocenters. The molecule has 2 N–H and O–H groups in total. The molecule has 3 heteroatoms. The summed E-state index contributed by atoms with van der Waals surface area (Å²) in [5, 5.41) is 0. The monoisotopic (exact) mass is 250 g/mol. The van der Waals surface area contributed by atoms with Gasteiger partial charge in [-0.15, -0.1) is 0 Å². The maximum atomic E-state index is 13.2. The van der Waals surface area contributed by atoms with Crippen LogP contribution in [0.2, 0.25) is 0 Å². The van der Waals surface area contributed by atoms with Crippen molar-refractivity contribution in [2.24, 2.45) is 11.7 Å². The summed E-state index contributed by atoms with van der Waals surface area (Å²) in [4.78, 5) is 2.17. The van der Waals surface area contributed by atoms with Gasteiger partial charge in [-0.25, -0.2) is 4.39 Å². The van der Waals surface area contributed by atoms with Gasteiger partial charge in [-0.2, -0.15) is 0 Å². The van der Waals surface area contributed by atoms with Gasteiger partial charge >= 0.3 is 0 Å². The molecule has 1 aromatic carbocycles. The van der Waals surface area contributed by atoms with E-state index in [1.54, 1.807) is 12.1 Å². The maximum Gasteiger partial charge on any atom is 0.125 e. The Labute approximate surface area is 109 Å². The zero-order chi connectivity index (χ0) is 13.0. The highest BCUT2D eigenvalue weighted by Gasteiger charge is 2.23. The zero-order valence-corrected chi connectivity index (χ0v) is 11.1. The molecule has 1 atom stereocenters. The average molecular weight is 250 g/mol. The summed E-state index contributed by atoms with van der Waals surface area (Å²) in [6.07, 6.45) is 5.12. The molecule has 1 fully saturated rings. The molecule has 2 nitrogen and oxygen atoms in total. The second-order valence-corrected chi connectivity index (χ2v) is 5.23. The highest BCUT2D eigenvalue weighted by atomic mass is 19.1. The van der Waals surface area contributed by atoms with Gasteiger partial charge in [-0.3, -0.25) is 0 Å². The van der Waals surface area contributed by atoms with Crippen molar-refractivity contribution in [2.75, 3.05) is 18.0 Å². The summed E-state index contributed by atoms with van der Waals surface area (Å²) in [5.41, 5.74) is 7.23. The van der Waals surface area contributed by atoms with E-state index in [0.29, 0.717) is 5.92 Å². The Morgan fingerprint density at radius 2 is 2.11 bits per heavy atom. The van der Waals surface area contributed by atoms with Crippen molar-refractivity contribution in [3.8, 4) is 0 Å². The first kappa shape index (κ1) is 13.3. The predicted molar refractivity (Wildman–Crippen MR) is 74.2 cm³/mol. The van der Waals surface area contributed by atoms with E-state index < -0.39 is 0 Å². The minimum atomic E-state index is -0.180. The fourth-order valence-electron chi connectivity index (χ4n) is 2.88. The molecule has 18 heavy (non-hydrogen) atoms. The van der Waals surface area contributed by atoms with Crippen LogP contribution in [0.5, 0.6) is 0 Å². The summed E-state index contributed by atoms with van der Waals surface area (Å²) < 4.78 is 13.2. The van der Waals surface area contributed by atoms with E-state index in [1.165, 1.54) is 31.7 Å². The fraction of sp³-hybridized carbons (Fsp3) is 0.600. The lowest BCUT2D eigenvalue weighted by Gasteiger charge is -2.29. The molecule has 1 aliphatic carbocycles. The van der Waals surface area contributed by atoms with Gasteiger partial charge in [-0.1, -0.05) is 18.9 Å². The molecular weight excluding hydrogens is 227 g/mol. The van der Waals surface area contributed by atoms with Crippen LogP contribution < -0.4 is 10.6 Å². The first-order chi connectivity index (χ1) is 8.70. The van der Waals surface area contributed by atoms with Crippen LogP contribution in [-0.4, -0.2) is 19.1 Å². The van der Waals surface area contributed by atoms with Gasteiger partial charge in [0.2, 0.25) is 0 Å². The number of rotatable bonds is 5. The van der Waals surface area contributed by atoms with E-state index in [4.69, 9.17) is 5.73 Å². The normalized spacial score (nSPS) is 17.9. The van der Waals surface area contributed by atoms with Gasteiger partial charge in [0.15, 0.2) is 0 Å². The Morgan fingerprint density at radius 1 is 1.39 bits per heavy atom. The van der Waals surface area contributed by atoms with Crippen molar-refractivity contribution in [1.82, 2.24) is 0 Å². The number of halogens is 1. The van der Waals surface area contributed by atoms with Crippen LogP contribution in [0.25, 0.3) is 0 Å². The molecule has 1 aliphatic rings. The van der Waals surface area contributed by atoms with Crippen LogP contribution in [0.1, 0.15) is 32.6 Å². The van der Waals surface area contributed by atoms with Gasteiger partial charge in [0.05, 0.1) is 0 Å². The van der Waals surface area contributed by atoms with Crippen LogP contribution in [0, 0.1) is 11.7 Å². The number of nitrogens with zero attached hydrogens (tertiary/aromatic N) is 1. The second kappa shape index (κ2) is 6.19.